The molecule has 0 aliphatic carbocycles. The van der Waals surface area contributed by atoms with Crippen LogP contribution in [-0.4, -0.2) is 25.1 Å². The van der Waals surface area contributed by atoms with Crippen LogP contribution in [0.4, 0.5) is 10.1 Å². The van der Waals surface area contributed by atoms with Crippen molar-refractivity contribution in [3.63, 3.8) is 0 Å². The minimum atomic E-state index is -1.06. The monoisotopic (exact) mass is 395 g/mol. The highest BCUT2D eigenvalue weighted by molar-refractivity contribution is 9.10. The van der Waals surface area contributed by atoms with Gasteiger partial charge in [0.1, 0.15) is 11.6 Å². The lowest BCUT2D eigenvalue weighted by molar-refractivity contribution is -0.123. The van der Waals surface area contributed by atoms with Crippen molar-refractivity contribution in [3.05, 3.63) is 58.3 Å². The molecule has 0 heterocycles. The van der Waals surface area contributed by atoms with Crippen LogP contribution >= 0.6 is 15.9 Å². The van der Waals surface area contributed by atoms with Gasteiger partial charge in [-0.25, -0.2) is 9.18 Å². The van der Waals surface area contributed by atoms with Gasteiger partial charge in [-0.3, -0.25) is 4.79 Å². The largest absolute Gasteiger partial charge is 0.497 e. The summed E-state index contributed by atoms with van der Waals surface area (Å²) in [5.41, 5.74) is 0.519. The number of esters is 1. The summed E-state index contributed by atoms with van der Waals surface area (Å²) in [4.78, 5) is 24.3. The zero-order chi connectivity index (χ0) is 17.7. The normalized spacial score (nSPS) is 11.5. The summed E-state index contributed by atoms with van der Waals surface area (Å²) < 4.78 is 23.8. The fourth-order valence-corrected chi connectivity index (χ4v) is 2.28. The zero-order valence-electron chi connectivity index (χ0n) is 13.0. The van der Waals surface area contributed by atoms with E-state index in [0.717, 1.165) is 0 Å². The molecule has 1 atom stereocenters. The summed E-state index contributed by atoms with van der Waals surface area (Å²) >= 11 is 3.25. The summed E-state index contributed by atoms with van der Waals surface area (Å²) in [5, 5.41) is 2.48. The summed E-state index contributed by atoms with van der Waals surface area (Å²) in [5.74, 6) is -1.23. The van der Waals surface area contributed by atoms with Crippen LogP contribution in [-0.2, 0) is 9.53 Å². The maximum Gasteiger partial charge on any atom is 0.340 e. The van der Waals surface area contributed by atoms with Crippen molar-refractivity contribution in [2.24, 2.45) is 0 Å². The first-order valence-electron chi connectivity index (χ1n) is 7.01. The summed E-state index contributed by atoms with van der Waals surface area (Å²) in [6.07, 6.45) is -1.06. The molecule has 24 heavy (non-hydrogen) atoms. The molecule has 1 amide bonds. The van der Waals surface area contributed by atoms with Crippen molar-refractivity contribution < 1.29 is 23.5 Å². The van der Waals surface area contributed by atoms with Crippen LogP contribution in [0.5, 0.6) is 5.75 Å². The van der Waals surface area contributed by atoms with Crippen LogP contribution in [0, 0.1) is 5.82 Å². The van der Waals surface area contributed by atoms with Gasteiger partial charge in [-0.15, -0.1) is 0 Å². The number of nitrogens with one attached hydrogen (secondary N) is 1. The topological polar surface area (TPSA) is 64.6 Å². The number of carbonyl (C=O) groups excluding carboxylic acids is 2. The molecule has 2 aromatic rings. The number of hydrogen-bond donors (Lipinski definition) is 1. The molecule has 2 aromatic carbocycles. The van der Waals surface area contributed by atoms with Gasteiger partial charge in [0, 0.05) is 10.2 Å². The van der Waals surface area contributed by atoms with E-state index in [9.17, 15) is 14.0 Å². The SMILES string of the molecule is COc1ccc(Br)c(C(=O)O[C@@H](C)C(=O)Nc2cccc(F)c2)c1. The number of carbonyl (C=O) groups is 2. The first kappa shape index (κ1) is 17.9. The smallest absolute Gasteiger partial charge is 0.340 e. The van der Waals surface area contributed by atoms with E-state index in [4.69, 9.17) is 9.47 Å². The maximum atomic E-state index is 13.1. The van der Waals surface area contributed by atoms with Gasteiger partial charge in [-0.2, -0.15) is 0 Å². The third kappa shape index (κ3) is 4.55. The van der Waals surface area contributed by atoms with Gasteiger partial charge < -0.3 is 14.8 Å². The van der Waals surface area contributed by atoms with E-state index in [1.165, 1.54) is 44.4 Å². The number of methoxy groups -OCH3 is 1. The van der Waals surface area contributed by atoms with E-state index in [2.05, 4.69) is 21.2 Å². The molecule has 0 aliphatic heterocycles. The minimum absolute atomic E-state index is 0.236. The molecular formula is C17H15BrFNO4. The Morgan fingerprint density at radius 1 is 1.21 bits per heavy atom. The summed E-state index contributed by atoms with van der Waals surface area (Å²) in [6, 6.07) is 10.3. The summed E-state index contributed by atoms with van der Waals surface area (Å²) in [7, 11) is 1.48. The molecular weight excluding hydrogens is 381 g/mol. The second-order valence-corrected chi connectivity index (χ2v) is 5.75. The quantitative estimate of drug-likeness (QED) is 0.782. The van der Waals surface area contributed by atoms with Crippen LogP contribution in [0.1, 0.15) is 17.3 Å². The van der Waals surface area contributed by atoms with Crippen LogP contribution in [0.25, 0.3) is 0 Å². The molecule has 2 rings (SSSR count). The Morgan fingerprint density at radius 3 is 2.62 bits per heavy atom. The Labute approximate surface area is 146 Å². The minimum Gasteiger partial charge on any atom is -0.497 e. The van der Waals surface area contributed by atoms with Crippen molar-refractivity contribution >= 4 is 33.5 Å². The molecule has 0 fully saturated rings. The van der Waals surface area contributed by atoms with Gasteiger partial charge in [0.05, 0.1) is 12.7 Å². The second kappa shape index (κ2) is 7.92. The van der Waals surface area contributed by atoms with Crippen molar-refractivity contribution in [3.8, 4) is 5.75 Å². The third-order valence-electron chi connectivity index (χ3n) is 3.14. The van der Waals surface area contributed by atoms with Crippen LogP contribution in [0.3, 0.4) is 0 Å². The lowest BCUT2D eigenvalue weighted by atomic mass is 10.2. The van der Waals surface area contributed by atoms with Gasteiger partial charge in [-0.1, -0.05) is 6.07 Å². The first-order valence-corrected chi connectivity index (χ1v) is 7.81. The number of hydrogen-bond acceptors (Lipinski definition) is 4. The zero-order valence-corrected chi connectivity index (χ0v) is 14.6. The third-order valence-corrected chi connectivity index (χ3v) is 3.83. The first-order chi connectivity index (χ1) is 11.4. The lowest BCUT2D eigenvalue weighted by Gasteiger charge is -2.14. The molecule has 5 nitrogen and oxygen atoms in total. The fraction of sp³-hybridized carbons (Fsp3) is 0.176. The van der Waals surface area contributed by atoms with Gasteiger partial charge >= 0.3 is 5.97 Å². The van der Waals surface area contributed by atoms with E-state index >= 15 is 0 Å². The number of anilines is 1. The molecule has 7 heteroatoms. The highest BCUT2D eigenvalue weighted by Gasteiger charge is 2.21. The molecule has 126 valence electrons. The maximum absolute atomic E-state index is 13.1. The molecule has 0 unspecified atom stereocenters. The average molecular weight is 396 g/mol. The molecule has 1 N–H and O–H groups in total. The van der Waals surface area contributed by atoms with Crippen molar-refractivity contribution in [2.75, 3.05) is 12.4 Å². The van der Waals surface area contributed by atoms with Crippen LogP contribution in [0.2, 0.25) is 0 Å². The Kier molecular flexibility index (Phi) is 5.92. The number of ether oxygens (including phenoxy) is 2. The molecule has 0 bridgehead atoms. The van der Waals surface area contributed by atoms with Gasteiger partial charge in [-0.05, 0) is 59.3 Å². The summed E-state index contributed by atoms with van der Waals surface area (Å²) in [6.45, 7) is 1.43. The van der Waals surface area contributed by atoms with E-state index in [0.29, 0.717) is 10.2 Å². The average Bonchev–Trinajstić information content (AvgIpc) is 2.55. The Morgan fingerprint density at radius 2 is 1.96 bits per heavy atom. The highest BCUT2D eigenvalue weighted by Crippen LogP contribution is 2.23. The number of rotatable bonds is 5. The Bertz CT molecular complexity index is 766. The molecule has 0 aliphatic rings. The lowest BCUT2D eigenvalue weighted by Crippen LogP contribution is -2.30. The van der Waals surface area contributed by atoms with Crippen molar-refractivity contribution in [1.82, 2.24) is 0 Å². The van der Waals surface area contributed by atoms with E-state index in [1.807, 2.05) is 0 Å². The fourth-order valence-electron chi connectivity index (χ4n) is 1.88. The molecule has 0 saturated heterocycles. The van der Waals surface area contributed by atoms with Crippen LogP contribution in [0.15, 0.2) is 46.9 Å². The molecule has 0 aromatic heterocycles. The standard InChI is InChI=1S/C17H15BrFNO4/c1-10(16(21)20-12-5-3-4-11(19)8-12)24-17(22)14-9-13(23-2)6-7-15(14)18/h3-10H,1-2H3,(H,20,21)/t10-/m0/s1. The van der Waals surface area contributed by atoms with E-state index in [1.54, 1.807) is 12.1 Å². The molecule has 0 saturated carbocycles. The Balaban J connectivity index is 2.04. The number of benzene rings is 2. The van der Waals surface area contributed by atoms with E-state index < -0.39 is 23.8 Å². The van der Waals surface area contributed by atoms with Crippen LogP contribution < -0.4 is 10.1 Å². The molecule has 0 radical (unpaired) electrons. The molecule has 0 spiro atoms. The number of amides is 1. The van der Waals surface area contributed by atoms with Gasteiger partial charge in [0.25, 0.3) is 5.91 Å². The number of halogens is 2. The van der Waals surface area contributed by atoms with Crippen molar-refractivity contribution in [2.45, 2.75) is 13.0 Å². The second-order valence-electron chi connectivity index (χ2n) is 4.89. The van der Waals surface area contributed by atoms with Gasteiger partial charge in [0.2, 0.25) is 0 Å². The van der Waals surface area contributed by atoms with Gasteiger partial charge in [0.15, 0.2) is 6.10 Å². The predicted molar refractivity (Wildman–Crippen MR) is 90.6 cm³/mol. The Hall–Kier alpha value is -2.41. The van der Waals surface area contributed by atoms with E-state index in [-0.39, 0.29) is 11.3 Å². The highest BCUT2D eigenvalue weighted by atomic mass is 79.9. The predicted octanol–water partition coefficient (Wildman–Crippen LogP) is 3.78. The van der Waals surface area contributed by atoms with Crippen molar-refractivity contribution in [1.29, 1.82) is 0 Å².